The second kappa shape index (κ2) is 5.03. The quantitative estimate of drug-likeness (QED) is 0.793. The van der Waals surface area contributed by atoms with Crippen molar-refractivity contribution in [2.24, 2.45) is 0 Å². The normalized spacial score (nSPS) is 11.5. The summed E-state index contributed by atoms with van der Waals surface area (Å²) in [5, 5.41) is 0.621. The van der Waals surface area contributed by atoms with Crippen molar-refractivity contribution in [3.8, 4) is 0 Å². The van der Waals surface area contributed by atoms with Crippen molar-refractivity contribution in [2.75, 3.05) is 12.8 Å². The molecule has 3 aromatic rings. The van der Waals surface area contributed by atoms with Gasteiger partial charge in [0.05, 0.1) is 23.0 Å². The van der Waals surface area contributed by atoms with E-state index in [4.69, 9.17) is 10.2 Å². The van der Waals surface area contributed by atoms with Gasteiger partial charge in [-0.1, -0.05) is 17.4 Å². The van der Waals surface area contributed by atoms with Gasteiger partial charge in [-0.05, 0) is 36.9 Å². The van der Waals surface area contributed by atoms with Crippen molar-refractivity contribution in [2.45, 2.75) is 13.1 Å². The molecule has 19 heavy (non-hydrogen) atoms. The van der Waals surface area contributed by atoms with E-state index in [0.717, 1.165) is 29.1 Å². The van der Waals surface area contributed by atoms with Crippen LogP contribution in [-0.2, 0) is 13.1 Å². The van der Waals surface area contributed by atoms with Crippen LogP contribution in [0.25, 0.3) is 10.2 Å². The molecule has 0 spiro atoms. The Hall–Kier alpha value is -1.85. The molecule has 3 rings (SSSR count). The molecule has 0 saturated carbocycles. The van der Waals surface area contributed by atoms with Crippen LogP contribution in [0.2, 0.25) is 0 Å². The molecular weight excluding hydrogens is 258 g/mol. The number of aromatic nitrogens is 1. The highest BCUT2D eigenvalue weighted by molar-refractivity contribution is 7.22. The predicted molar refractivity (Wildman–Crippen MR) is 77.9 cm³/mol. The fourth-order valence-electron chi connectivity index (χ4n) is 2.12. The third-order valence-electron chi connectivity index (χ3n) is 2.93. The summed E-state index contributed by atoms with van der Waals surface area (Å²) in [5.74, 6) is 0.977. The SMILES string of the molecule is CN(Cc1ccc2nc(N)sc2c1)Cc1ccco1. The molecule has 2 heterocycles. The van der Waals surface area contributed by atoms with Crippen molar-refractivity contribution in [1.82, 2.24) is 9.88 Å². The molecule has 0 unspecified atom stereocenters. The molecule has 1 aromatic carbocycles. The summed E-state index contributed by atoms with van der Waals surface area (Å²) in [6.45, 7) is 1.67. The van der Waals surface area contributed by atoms with Gasteiger partial charge in [-0.25, -0.2) is 4.98 Å². The first-order chi connectivity index (χ1) is 9.20. The number of nitrogens with two attached hydrogens (primary N) is 1. The maximum Gasteiger partial charge on any atom is 0.181 e. The monoisotopic (exact) mass is 273 g/mol. The molecule has 98 valence electrons. The molecule has 0 aliphatic carbocycles. The largest absolute Gasteiger partial charge is 0.468 e. The second-order valence-electron chi connectivity index (χ2n) is 4.61. The van der Waals surface area contributed by atoms with Crippen molar-refractivity contribution in [1.29, 1.82) is 0 Å². The van der Waals surface area contributed by atoms with Crippen LogP contribution >= 0.6 is 11.3 Å². The van der Waals surface area contributed by atoms with E-state index < -0.39 is 0 Å². The van der Waals surface area contributed by atoms with Crippen LogP contribution in [-0.4, -0.2) is 16.9 Å². The number of rotatable bonds is 4. The number of nitrogen functional groups attached to an aromatic ring is 1. The predicted octanol–water partition coefficient (Wildman–Crippen LogP) is 3.10. The van der Waals surface area contributed by atoms with Crippen LogP contribution in [0.1, 0.15) is 11.3 Å². The molecular formula is C14H15N3OS. The van der Waals surface area contributed by atoms with Gasteiger partial charge in [-0.15, -0.1) is 0 Å². The Kier molecular flexibility index (Phi) is 3.23. The molecule has 0 aliphatic rings. The minimum Gasteiger partial charge on any atom is -0.468 e. The van der Waals surface area contributed by atoms with Gasteiger partial charge in [0.15, 0.2) is 5.13 Å². The van der Waals surface area contributed by atoms with E-state index in [0.29, 0.717) is 5.13 Å². The number of thiazole rings is 1. The standard InChI is InChI=1S/C14H15N3OS/c1-17(9-11-3-2-6-18-11)8-10-4-5-12-13(7-10)19-14(15)16-12/h2-7H,8-9H2,1H3,(H2,15,16). The van der Waals surface area contributed by atoms with Crippen molar-refractivity contribution in [3.05, 3.63) is 47.9 Å². The molecule has 0 fully saturated rings. The summed E-state index contributed by atoms with van der Waals surface area (Å²) in [6.07, 6.45) is 1.70. The van der Waals surface area contributed by atoms with Gasteiger partial charge in [0.25, 0.3) is 0 Å². The van der Waals surface area contributed by atoms with E-state index >= 15 is 0 Å². The molecule has 0 atom stereocenters. The van der Waals surface area contributed by atoms with E-state index in [9.17, 15) is 0 Å². The van der Waals surface area contributed by atoms with E-state index in [1.807, 2.05) is 18.2 Å². The third-order valence-corrected chi connectivity index (χ3v) is 3.78. The average Bonchev–Trinajstić information content (AvgIpc) is 2.96. The van der Waals surface area contributed by atoms with Crippen molar-refractivity contribution < 1.29 is 4.42 Å². The van der Waals surface area contributed by atoms with E-state index in [1.165, 1.54) is 16.9 Å². The first-order valence-corrected chi connectivity index (χ1v) is 6.88. The summed E-state index contributed by atoms with van der Waals surface area (Å²) < 4.78 is 6.49. The number of fused-ring (bicyclic) bond motifs is 1. The molecule has 0 aliphatic heterocycles. The third kappa shape index (κ3) is 2.77. The maximum absolute atomic E-state index is 5.72. The maximum atomic E-state index is 5.72. The molecule has 2 aromatic heterocycles. The van der Waals surface area contributed by atoms with E-state index in [2.05, 4.69) is 29.1 Å². The van der Waals surface area contributed by atoms with Gasteiger partial charge < -0.3 is 10.2 Å². The Bertz CT molecular complexity index is 675. The van der Waals surface area contributed by atoms with Crippen LogP contribution in [0.5, 0.6) is 0 Å². The summed E-state index contributed by atoms with van der Waals surface area (Å²) in [4.78, 5) is 6.47. The number of hydrogen-bond donors (Lipinski definition) is 1. The Morgan fingerprint density at radius 1 is 1.32 bits per heavy atom. The van der Waals surface area contributed by atoms with Crippen LogP contribution in [0, 0.1) is 0 Å². The van der Waals surface area contributed by atoms with Gasteiger partial charge >= 0.3 is 0 Å². The Balaban J connectivity index is 1.73. The van der Waals surface area contributed by atoms with E-state index in [-0.39, 0.29) is 0 Å². The zero-order valence-electron chi connectivity index (χ0n) is 10.7. The van der Waals surface area contributed by atoms with Gasteiger partial charge in [-0.2, -0.15) is 0 Å². The van der Waals surface area contributed by atoms with Gasteiger partial charge in [0.2, 0.25) is 0 Å². The lowest BCUT2D eigenvalue weighted by Crippen LogP contribution is -2.16. The number of anilines is 1. The summed E-state index contributed by atoms with van der Waals surface area (Å²) in [5.41, 5.74) is 7.94. The first kappa shape index (κ1) is 12.2. The molecule has 4 nitrogen and oxygen atoms in total. The van der Waals surface area contributed by atoms with Gasteiger partial charge in [0.1, 0.15) is 5.76 Å². The second-order valence-corrected chi connectivity index (χ2v) is 5.67. The van der Waals surface area contributed by atoms with Crippen LogP contribution in [0.4, 0.5) is 5.13 Å². The minimum atomic E-state index is 0.621. The smallest absolute Gasteiger partial charge is 0.181 e. The molecule has 0 bridgehead atoms. The van der Waals surface area contributed by atoms with Crippen molar-refractivity contribution in [3.63, 3.8) is 0 Å². The van der Waals surface area contributed by atoms with Crippen LogP contribution in [0.3, 0.4) is 0 Å². The molecule has 0 amide bonds. The van der Waals surface area contributed by atoms with E-state index in [1.54, 1.807) is 6.26 Å². The summed E-state index contributed by atoms with van der Waals surface area (Å²) in [6, 6.07) is 10.2. The number of furan rings is 1. The number of hydrogen-bond acceptors (Lipinski definition) is 5. The Morgan fingerprint density at radius 3 is 3.00 bits per heavy atom. The average molecular weight is 273 g/mol. The van der Waals surface area contributed by atoms with Crippen molar-refractivity contribution >= 4 is 26.7 Å². The lowest BCUT2D eigenvalue weighted by atomic mass is 10.2. The lowest BCUT2D eigenvalue weighted by Gasteiger charge is -2.15. The molecule has 2 N–H and O–H groups in total. The molecule has 0 saturated heterocycles. The highest BCUT2D eigenvalue weighted by atomic mass is 32.1. The first-order valence-electron chi connectivity index (χ1n) is 6.06. The Labute approximate surface area is 115 Å². The number of nitrogens with zero attached hydrogens (tertiary/aromatic N) is 2. The molecule has 0 radical (unpaired) electrons. The highest BCUT2D eigenvalue weighted by Gasteiger charge is 2.06. The fraction of sp³-hybridized carbons (Fsp3) is 0.214. The zero-order chi connectivity index (χ0) is 13.2. The highest BCUT2D eigenvalue weighted by Crippen LogP contribution is 2.25. The van der Waals surface area contributed by atoms with Gasteiger partial charge in [0, 0.05) is 6.54 Å². The number of benzene rings is 1. The lowest BCUT2D eigenvalue weighted by molar-refractivity contribution is 0.288. The molecule has 5 heteroatoms. The summed E-state index contributed by atoms with van der Waals surface area (Å²) in [7, 11) is 2.08. The minimum absolute atomic E-state index is 0.621. The topological polar surface area (TPSA) is 55.3 Å². The Morgan fingerprint density at radius 2 is 2.21 bits per heavy atom. The van der Waals surface area contributed by atoms with Crippen LogP contribution in [0.15, 0.2) is 41.0 Å². The zero-order valence-corrected chi connectivity index (χ0v) is 11.5. The van der Waals surface area contributed by atoms with Crippen LogP contribution < -0.4 is 5.73 Å². The fourth-order valence-corrected chi connectivity index (χ4v) is 2.92. The van der Waals surface area contributed by atoms with Gasteiger partial charge in [-0.3, -0.25) is 4.90 Å². The summed E-state index contributed by atoms with van der Waals surface area (Å²) >= 11 is 1.53.